The van der Waals surface area contributed by atoms with E-state index in [-0.39, 0.29) is 6.10 Å². The lowest BCUT2D eigenvalue weighted by atomic mass is 10.3. The molecule has 0 spiro atoms. The van der Waals surface area contributed by atoms with Gasteiger partial charge in [0.25, 0.3) is 0 Å². The largest absolute Gasteiger partial charge is 0.489 e. The Kier molecular flexibility index (Phi) is 4.88. The molecule has 7 heteroatoms. The minimum absolute atomic E-state index is 0.199. The van der Waals surface area contributed by atoms with Crippen molar-refractivity contribution in [2.24, 2.45) is 0 Å². The number of pyridine rings is 1. The maximum absolute atomic E-state index is 6.12. The molecule has 2 aromatic rings. The highest BCUT2D eigenvalue weighted by atomic mass is 16.6. The molecule has 0 bridgehead atoms. The summed E-state index contributed by atoms with van der Waals surface area (Å²) in [6, 6.07) is 3.95. The number of likely N-dealkylation sites (tertiary alicyclic amines) is 1. The zero-order valence-corrected chi connectivity index (χ0v) is 13.9. The van der Waals surface area contributed by atoms with E-state index in [4.69, 9.17) is 9.37 Å². The maximum atomic E-state index is 6.12. The number of aromatic nitrogens is 3. The molecular formula is C16H23N5O2. The van der Waals surface area contributed by atoms with E-state index < -0.39 is 0 Å². The van der Waals surface area contributed by atoms with E-state index in [1.54, 1.807) is 0 Å². The first-order valence-electron chi connectivity index (χ1n) is 7.87. The predicted molar refractivity (Wildman–Crippen MR) is 85.0 cm³/mol. The van der Waals surface area contributed by atoms with Crippen LogP contribution < -0.4 is 4.74 Å². The predicted octanol–water partition coefficient (Wildman–Crippen LogP) is 1.49. The zero-order valence-electron chi connectivity index (χ0n) is 13.9. The third-order valence-corrected chi connectivity index (χ3v) is 3.92. The van der Waals surface area contributed by atoms with Crippen LogP contribution in [0.2, 0.25) is 0 Å². The van der Waals surface area contributed by atoms with Gasteiger partial charge >= 0.3 is 0 Å². The van der Waals surface area contributed by atoms with Crippen LogP contribution in [0.4, 0.5) is 0 Å². The van der Waals surface area contributed by atoms with Gasteiger partial charge in [0.05, 0.1) is 5.69 Å². The van der Waals surface area contributed by atoms with Crippen LogP contribution in [0, 0.1) is 6.92 Å². The van der Waals surface area contributed by atoms with Crippen LogP contribution in [-0.2, 0) is 13.1 Å². The van der Waals surface area contributed by atoms with E-state index in [2.05, 4.69) is 25.1 Å². The third-order valence-electron chi connectivity index (χ3n) is 3.92. The molecule has 7 nitrogen and oxygen atoms in total. The zero-order chi connectivity index (χ0) is 16.2. The van der Waals surface area contributed by atoms with Crippen LogP contribution in [0.1, 0.15) is 23.5 Å². The summed E-state index contributed by atoms with van der Waals surface area (Å²) in [5, 5.41) is 7.77. The lowest BCUT2D eigenvalue weighted by Crippen LogP contribution is -2.25. The summed E-state index contributed by atoms with van der Waals surface area (Å²) in [5.41, 5.74) is 2.78. The van der Waals surface area contributed by atoms with Crippen molar-refractivity contribution in [1.82, 2.24) is 25.1 Å². The Hall–Kier alpha value is -1.99. The molecule has 23 heavy (non-hydrogen) atoms. The summed E-state index contributed by atoms with van der Waals surface area (Å²) in [6.07, 6.45) is 3.02. The van der Waals surface area contributed by atoms with Gasteiger partial charge in [-0.2, -0.15) is 0 Å². The Bertz CT molecular complexity index is 643. The van der Waals surface area contributed by atoms with Gasteiger partial charge in [-0.05, 0) is 33.5 Å². The molecule has 1 aliphatic rings. The Morgan fingerprint density at radius 3 is 3.00 bits per heavy atom. The molecule has 3 rings (SSSR count). The second-order valence-corrected chi connectivity index (χ2v) is 6.28. The molecular weight excluding hydrogens is 294 g/mol. The Labute approximate surface area is 136 Å². The summed E-state index contributed by atoms with van der Waals surface area (Å²) < 4.78 is 10.9. The van der Waals surface area contributed by atoms with Crippen LogP contribution in [0.25, 0.3) is 0 Å². The minimum atomic E-state index is 0.199. The van der Waals surface area contributed by atoms with Crippen LogP contribution in [0.3, 0.4) is 0 Å². The molecule has 0 saturated carbocycles. The standard InChI is InChI=1S/C16H23N5O2/c1-12-16(19-23-18-12)11-21-7-5-15(10-21)22-14-4-6-17-13(8-14)9-20(2)3/h4,6,8,15H,5,7,9-11H2,1-3H3. The fraction of sp³-hybridized carbons (Fsp3) is 0.562. The van der Waals surface area contributed by atoms with Gasteiger partial charge in [-0.1, -0.05) is 10.3 Å². The highest BCUT2D eigenvalue weighted by molar-refractivity contribution is 5.23. The van der Waals surface area contributed by atoms with Crippen LogP contribution in [0.15, 0.2) is 23.0 Å². The van der Waals surface area contributed by atoms with Gasteiger partial charge in [-0.15, -0.1) is 0 Å². The van der Waals surface area contributed by atoms with Crippen molar-refractivity contribution in [3.05, 3.63) is 35.4 Å². The first kappa shape index (κ1) is 15.9. The highest BCUT2D eigenvalue weighted by Gasteiger charge is 2.25. The van der Waals surface area contributed by atoms with Gasteiger partial charge in [-0.25, -0.2) is 4.63 Å². The van der Waals surface area contributed by atoms with Gasteiger partial charge < -0.3 is 9.64 Å². The second kappa shape index (κ2) is 7.06. The fourth-order valence-corrected chi connectivity index (χ4v) is 2.77. The van der Waals surface area contributed by atoms with Crippen molar-refractivity contribution in [3.8, 4) is 5.75 Å². The van der Waals surface area contributed by atoms with E-state index in [0.29, 0.717) is 0 Å². The Balaban J connectivity index is 1.54. The van der Waals surface area contributed by atoms with E-state index >= 15 is 0 Å². The second-order valence-electron chi connectivity index (χ2n) is 6.28. The normalized spacial score (nSPS) is 18.7. The van der Waals surface area contributed by atoms with Crippen molar-refractivity contribution >= 4 is 0 Å². The molecule has 1 fully saturated rings. The van der Waals surface area contributed by atoms with Gasteiger partial charge in [0.2, 0.25) is 0 Å². The van der Waals surface area contributed by atoms with Crippen molar-refractivity contribution in [2.75, 3.05) is 27.2 Å². The van der Waals surface area contributed by atoms with E-state index in [1.807, 2.05) is 39.3 Å². The number of rotatable bonds is 6. The average molecular weight is 317 g/mol. The average Bonchev–Trinajstić information content (AvgIpc) is 3.09. The molecule has 2 aromatic heterocycles. The van der Waals surface area contributed by atoms with Crippen molar-refractivity contribution in [3.63, 3.8) is 0 Å². The highest BCUT2D eigenvalue weighted by Crippen LogP contribution is 2.20. The van der Waals surface area contributed by atoms with Crippen molar-refractivity contribution in [2.45, 2.75) is 32.5 Å². The number of ether oxygens (including phenoxy) is 1. The number of aryl methyl sites for hydroxylation is 1. The lowest BCUT2D eigenvalue weighted by Gasteiger charge is -2.16. The Morgan fingerprint density at radius 2 is 2.26 bits per heavy atom. The first-order valence-corrected chi connectivity index (χ1v) is 7.87. The van der Waals surface area contributed by atoms with E-state index in [0.717, 1.165) is 55.4 Å². The van der Waals surface area contributed by atoms with E-state index in [1.165, 1.54) is 0 Å². The first-order chi connectivity index (χ1) is 11.1. The smallest absolute Gasteiger partial charge is 0.123 e. The lowest BCUT2D eigenvalue weighted by molar-refractivity contribution is 0.196. The van der Waals surface area contributed by atoms with Gasteiger partial charge in [0, 0.05) is 38.4 Å². The number of hydrogen-bond donors (Lipinski definition) is 0. The maximum Gasteiger partial charge on any atom is 0.123 e. The topological polar surface area (TPSA) is 67.5 Å². The van der Waals surface area contributed by atoms with Gasteiger partial charge in [0.15, 0.2) is 0 Å². The minimum Gasteiger partial charge on any atom is -0.489 e. The molecule has 1 aliphatic heterocycles. The van der Waals surface area contributed by atoms with Crippen molar-refractivity contribution in [1.29, 1.82) is 0 Å². The summed E-state index contributed by atoms with van der Waals surface area (Å²) in [4.78, 5) is 8.78. The molecule has 0 aromatic carbocycles. The number of hydrogen-bond acceptors (Lipinski definition) is 7. The summed E-state index contributed by atoms with van der Waals surface area (Å²) in [7, 11) is 4.07. The van der Waals surface area contributed by atoms with Gasteiger partial charge in [0.1, 0.15) is 23.2 Å². The molecule has 0 radical (unpaired) electrons. The van der Waals surface area contributed by atoms with Crippen LogP contribution in [0.5, 0.6) is 5.75 Å². The number of nitrogens with zero attached hydrogens (tertiary/aromatic N) is 5. The van der Waals surface area contributed by atoms with Crippen LogP contribution in [-0.4, -0.2) is 58.4 Å². The fourth-order valence-electron chi connectivity index (χ4n) is 2.77. The molecule has 0 aliphatic carbocycles. The monoisotopic (exact) mass is 317 g/mol. The molecule has 1 atom stereocenters. The molecule has 0 N–H and O–H groups in total. The molecule has 124 valence electrons. The van der Waals surface area contributed by atoms with Gasteiger partial charge in [-0.3, -0.25) is 9.88 Å². The molecule has 1 saturated heterocycles. The third kappa shape index (κ3) is 4.27. The molecule has 3 heterocycles. The summed E-state index contributed by atoms with van der Waals surface area (Å²) >= 11 is 0. The molecule has 0 amide bonds. The molecule has 1 unspecified atom stereocenters. The SMILES string of the molecule is Cc1nonc1CN1CCC(Oc2ccnc(CN(C)C)c2)C1. The summed E-state index contributed by atoms with van der Waals surface area (Å²) in [6.45, 7) is 5.37. The van der Waals surface area contributed by atoms with Crippen LogP contribution >= 0.6 is 0 Å². The Morgan fingerprint density at radius 1 is 1.39 bits per heavy atom. The van der Waals surface area contributed by atoms with E-state index in [9.17, 15) is 0 Å². The summed E-state index contributed by atoms with van der Waals surface area (Å²) in [5.74, 6) is 0.892. The quantitative estimate of drug-likeness (QED) is 0.799. The van der Waals surface area contributed by atoms with Crippen molar-refractivity contribution < 1.29 is 9.37 Å².